The quantitative estimate of drug-likeness (QED) is 0.301. The van der Waals surface area contributed by atoms with E-state index in [-0.39, 0.29) is 5.69 Å². The van der Waals surface area contributed by atoms with Crippen molar-refractivity contribution in [3.63, 3.8) is 0 Å². The summed E-state index contributed by atoms with van der Waals surface area (Å²) in [5, 5.41) is 19.4. The summed E-state index contributed by atoms with van der Waals surface area (Å²) >= 11 is 1.35. The molecule has 0 unspecified atom stereocenters. The molecule has 0 spiro atoms. The molecule has 0 aliphatic carbocycles. The molecule has 0 amide bonds. The summed E-state index contributed by atoms with van der Waals surface area (Å²) < 4.78 is 6.78. The normalized spacial score (nSPS) is 11.0. The molecule has 3 aromatic heterocycles. The van der Waals surface area contributed by atoms with Crippen LogP contribution in [0.4, 0.5) is 5.69 Å². The number of nitrogens with zero attached hydrogens (tertiary/aromatic N) is 7. The van der Waals surface area contributed by atoms with Crippen LogP contribution in [0.2, 0.25) is 0 Å². The summed E-state index contributed by atoms with van der Waals surface area (Å²) in [6.07, 6.45) is 3.41. The maximum absolute atomic E-state index is 10.7. The number of nitro groups is 1. The Balaban J connectivity index is 1.46. The van der Waals surface area contributed by atoms with Crippen LogP contribution < -0.4 is 0 Å². The van der Waals surface area contributed by atoms with Crippen LogP contribution in [0.25, 0.3) is 17.2 Å². The third kappa shape index (κ3) is 3.17. The van der Waals surface area contributed by atoms with Crippen LogP contribution in [-0.2, 0) is 5.75 Å². The fraction of sp³-hybridized carbons (Fsp3) is 0.0714. The van der Waals surface area contributed by atoms with Crippen molar-refractivity contribution < 1.29 is 9.45 Å². The lowest BCUT2D eigenvalue weighted by Gasteiger charge is -1.93. The maximum atomic E-state index is 10.7. The van der Waals surface area contributed by atoms with Gasteiger partial charge in [0, 0.05) is 30.1 Å². The lowest BCUT2D eigenvalue weighted by atomic mass is 10.2. The standard InChI is InChI=1S/C14H9N7O3S/c22-21(23)10-4-2-9(3-5-10)12-16-11(24-19-12)8-25-14-17-13-15-6-1-7-20(13)18-14/h1-7H,8H2. The average molecular weight is 355 g/mol. The van der Waals surface area contributed by atoms with Gasteiger partial charge in [0.25, 0.3) is 11.5 Å². The number of hydrogen-bond acceptors (Lipinski definition) is 9. The summed E-state index contributed by atoms with van der Waals surface area (Å²) in [5.74, 6) is 1.69. The second kappa shape index (κ2) is 6.28. The Morgan fingerprint density at radius 3 is 2.84 bits per heavy atom. The highest BCUT2D eigenvalue weighted by Gasteiger charge is 2.12. The highest BCUT2D eigenvalue weighted by molar-refractivity contribution is 7.98. The number of nitro benzene ring substituents is 1. The largest absolute Gasteiger partial charge is 0.338 e. The fourth-order valence-corrected chi connectivity index (χ4v) is 2.73. The minimum Gasteiger partial charge on any atom is -0.338 e. The summed E-state index contributed by atoms with van der Waals surface area (Å²) in [6.45, 7) is 0. The van der Waals surface area contributed by atoms with Gasteiger partial charge in [-0.2, -0.15) is 9.97 Å². The van der Waals surface area contributed by atoms with Crippen LogP contribution in [-0.4, -0.2) is 34.6 Å². The first-order valence-electron chi connectivity index (χ1n) is 7.07. The van der Waals surface area contributed by atoms with Gasteiger partial charge in [-0.05, 0) is 18.2 Å². The van der Waals surface area contributed by atoms with Gasteiger partial charge in [-0.25, -0.2) is 9.50 Å². The van der Waals surface area contributed by atoms with E-state index >= 15 is 0 Å². The van der Waals surface area contributed by atoms with Gasteiger partial charge < -0.3 is 4.52 Å². The summed E-state index contributed by atoms with van der Waals surface area (Å²) in [4.78, 5) is 22.9. The SMILES string of the molecule is O=[N+]([O-])c1ccc(-c2noc(CSc3nc4ncccn4n3)n2)cc1. The number of hydrogen-bond donors (Lipinski definition) is 0. The van der Waals surface area contributed by atoms with Gasteiger partial charge in [-0.1, -0.05) is 16.9 Å². The Kier molecular flexibility index (Phi) is 3.82. The molecule has 25 heavy (non-hydrogen) atoms. The number of thioether (sulfide) groups is 1. The lowest BCUT2D eigenvalue weighted by molar-refractivity contribution is -0.384. The van der Waals surface area contributed by atoms with Crippen molar-refractivity contribution >= 4 is 23.2 Å². The molecular weight excluding hydrogens is 346 g/mol. The van der Waals surface area contributed by atoms with Crippen molar-refractivity contribution in [2.24, 2.45) is 0 Å². The van der Waals surface area contributed by atoms with Crippen molar-refractivity contribution in [1.82, 2.24) is 29.7 Å². The average Bonchev–Trinajstić information content (AvgIpc) is 3.26. The van der Waals surface area contributed by atoms with Gasteiger partial charge in [-0.15, -0.1) is 5.10 Å². The highest BCUT2D eigenvalue weighted by atomic mass is 32.2. The predicted molar refractivity (Wildman–Crippen MR) is 86.7 cm³/mol. The molecule has 0 saturated carbocycles. The van der Waals surface area contributed by atoms with Crippen LogP contribution >= 0.6 is 11.8 Å². The van der Waals surface area contributed by atoms with Crippen molar-refractivity contribution in [2.75, 3.05) is 0 Å². The number of rotatable bonds is 5. The molecule has 0 aliphatic rings. The van der Waals surface area contributed by atoms with E-state index in [2.05, 4.69) is 25.2 Å². The first-order chi connectivity index (χ1) is 12.2. The number of benzene rings is 1. The van der Waals surface area contributed by atoms with E-state index in [9.17, 15) is 10.1 Å². The second-order valence-corrected chi connectivity index (χ2v) is 5.81. The van der Waals surface area contributed by atoms with Crippen molar-refractivity contribution in [3.05, 3.63) is 58.7 Å². The third-order valence-corrected chi connectivity index (χ3v) is 4.05. The predicted octanol–water partition coefficient (Wildman–Crippen LogP) is 2.37. The zero-order valence-electron chi connectivity index (χ0n) is 12.5. The van der Waals surface area contributed by atoms with Crippen LogP contribution in [0, 0.1) is 10.1 Å². The Morgan fingerprint density at radius 1 is 1.24 bits per heavy atom. The number of fused-ring (bicyclic) bond motifs is 1. The zero-order chi connectivity index (χ0) is 17.2. The van der Waals surface area contributed by atoms with Crippen LogP contribution in [0.5, 0.6) is 0 Å². The Morgan fingerprint density at radius 2 is 2.08 bits per heavy atom. The maximum Gasteiger partial charge on any atom is 0.269 e. The molecule has 124 valence electrons. The number of non-ortho nitro benzene ring substituents is 1. The Bertz CT molecular complexity index is 1010. The van der Waals surface area contributed by atoms with E-state index in [1.54, 1.807) is 35.1 Å². The molecule has 11 heteroatoms. The molecule has 0 aliphatic heterocycles. The van der Waals surface area contributed by atoms with Crippen LogP contribution in [0.3, 0.4) is 0 Å². The van der Waals surface area contributed by atoms with E-state index in [0.29, 0.717) is 34.0 Å². The van der Waals surface area contributed by atoms with Gasteiger partial charge in [0.05, 0.1) is 10.7 Å². The Labute approximate surface area is 144 Å². The second-order valence-electron chi connectivity index (χ2n) is 4.86. The first-order valence-corrected chi connectivity index (χ1v) is 8.05. The van der Waals surface area contributed by atoms with Crippen LogP contribution in [0.15, 0.2) is 52.4 Å². The van der Waals surface area contributed by atoms with Gasteiger partial charge >= 0.3 is 0 Å². The molecule has 0 saturated heterocycles. The highest BCUT2D eigenvalue weighted by Crippen LogP contribution is 2.23. The fourth-order valence-electron chi connectivity index (χ4n) is 2.06. The topological polar surface area (TPSA) is 125 Å². The van der Waals surface area contributed by atoms with E-state index in [1.165, 1.54) is 23.9 Å². The molecular formula is C14H9N7O3S. The minimum absolute atomic E-state index is 0.00885. The third-order valence-electron chi connectivity index (χ3n) is 3.23. The molecule has 3 heterocycles. The van der Waals surface area contributed by atoms with Gasteiger partial charge in [0.1, 0.15) is 0 Å². The monoisotopic (exact) mass is 355 g/mol. The van der Waals surface area contributed by atoms with Gasteiger partial charge in [0.2, 0.25) is 16.9 Å². The van der Waals surface area contributed by atoms with Gasteiger partial charge in [0.15, 0.2) is 0 Å². The van der Waals surface area contributed by atoms with E-state index in [0.717, 1.165) is 0 Å². The molecule has 0 atom stereocenters. The lowest BCUT2D eigenvalue weighted by Crippen LogP contribution is -1.88. The molecule has 1 aromatic carbocycles. The van der Waals surface area contributed by atoms with Crippen molar-refractivity contribution in [3.8, 4) is 11.4 Å². The van der Waals surface area contributed by atoms with E-state index < -0.39 is 4.92 Å². The minimum atomic E-state index is -0.460. The summed E-state index contributed by atoms with van der Waals surface area (Å²) in [7, 11) is 0. The molecule has 0 bridgehead atoms. The summed E-state index contributed by atoms with van der Waals surface area (Å²) in [5.41, 5.74) is 0.648. The zero-order valence-corrected chi connectivity index (χ0v) is 13.3. The Hall–Kier alpha value is -3.34. The molecule has 10 nitrogen and oxygen atoms in total. The van der Waals surface area contributed by atoms with Gasteiger partial charge in [-0.3, -0.25) is 10.1 Å². The number of aromatic nitrogens is 6. The first kappa shape index (κ1) is 15.2. The smallest absolute Gasteiger partial charge is 0.269 e. The summed E-state index contributed by atoms with van der Waals surface area (Å²) in [6, 6.07) is 7.72. The van der Waals surface area contributed by atoms with Crippen LogP contribution in [0.1, 0.15) is 5.89 Å². The van der Waals surface area contributed by atoms with E-state index in [1.807, 2.05) is 0 Å². The molecule has 4 aromatic rings. The van der Waals surface area contributed by atoms with E-state index in [4.69, 9.17) is 4.52 Å². The van der Waals surface area contributed by atoms with Crippen molar-refractivity contribution in [1.29, 1.82) is 0 Å². The molecule has 0 fully saturated rings. The molecule has 4 rings (SSSR count). The molecule has 0 radical (unpaired) electrons. The molecule has 0 N–H and O–H groups in total. The van der Waals surface area contributed by atoms with Crippen molar-refractivity contribution in [2.45, 2.75) is 10.9 Å².